The van der Waals surface area contributed by atoms with Gasteiger partial charge in [-0.1, -0.05) is 18.2 Å². The number of nitrogen functional groups attached to an aromatic ring is 1. The molecule has 5 rings (SSSR count). The van der Waals surface area contributed by atoms with E-state index in [1.165, 1.54) is 0 Å². The van der Waals surface area contributed by atoms with E-state index < -0.39 is 0 Å². The zero-order valence-corrected chi connectivity index (χ0v) is 13.1. The van der Waals surface area contributed by atoms with Gasteiger partial charge in [0.25, 0.3) is 0 Å². The number of aromatic nitrogens is 4. The maximum Gasteiger partial charge on any atom is 0.177 e. The van der Waals surface area contributed by atoms with Crippen LogP contribution in [-0.2, 0) is 0 Å². The molecule has 0 saturated heterocycles. The maximum atomic E-state index is 6.09. The lowest BCUT2D eigenvalue weighted by atomic mass is 10.0. The number of rotatable bonds is 2. The molecule has 0 aliphatic carbocycles. The molecule has 0 atom stereocenters. The third-order valence-electron chi connectivity index (χ3n) is 4.34. The van der Waals surface area contributed by atoms with Crippen LogP contribution in [0.2, 0.25) is 0 Å². The second kappa shape index (κ2) is 5.17. The van der Waals surface area contributed by atoms with Gasteiger partial charge in [0.2, 0.25) is 0 Å². The molecule has 0 spiro atoms. The first-order valence-electron chi connectivity index (χ1n) is 7.81. The van der Waals surface area contributed by atoms with Crippen LogP contribution in [0.4, 0.5) is 5.82 Å². The summed E-state index contributed by atoms with van der Waals surface area (Å²) in [5, 5.41) is 9.88. The molecule has 0 aliphatic rings. The summed E-state index contributed by atoms with van der Waals surface area (Å²) in [4.78, 5) is 8.45. The van der Waals surface area contributed by atoms with Gasteiger partial charge in [0.05, 0.1) is 6.20 Å². The minimum absolute atomic E-state index is 0.371. The van der Waals surface area contributed by atoms with Crippen molar-refractivity contribution in [2.24, 2.45) is 0 Å². The number of H-pyrrole nitrogens is 1. The van der Waals surface area contributed by atoms with E-state index in [1.54, 1.807) is 18.6 Å². The zero-order chi connectivity index (χ0) is 16.8. The predicted molar refractivity (Wildman–Crippen MR) is 96.7 cm³/mol. The van der Waals surface area contributed by atoms with Crippen LogP contribution in [0.1, 0.15) is 0 Å². The summed E-state index contributed by atoms with van der Waals surface area (Å²) >= 11 is 0. The second-order valence-corrected chi connectivity index (χ2v) is 5.80. The van der Waals surface area contributed by atoms with Gasteiger partial charge >= 0.3 is 0 Å². The molecular weight excluding hydrogens is 314 g/mol. The first kappa shape index (κ1) is 13.7. The van der Waals surface area contributed by atoms with Crippen LogP contribution in [0, 0.1) is 0 Å². The van der Waals surface area contributed by atoms with Crippen molar-refractivity contribution in [2.45, 2.75) is 0 Å². The van der Waals surface area contributed by atoms with Crippen LogP contribution in [0.5, 0.6) is 0 Å². The van der Waals surface area contributed by atoms with Crippen LogP contribution in [0.25, 0.3) is 44.2 Å². The lowest BCUT2D eigenvalue weighted by Gasteiger charge is -2.02. The van der Waals surface area contributed by atoms with E-state index in [0.717, 1.165) is 38.6 Å². The quantitative estimate of drug-likeness (QED) is 0.511. The minimum Gasteiger partial charge on any atom is -0.452 e. The minimum atomic E-state index is 0.371. The first-order chi connectivity index (χ1) is 12.3. The van der Waals surface area contributed by atoms with Gasteiger partial charge in [-0.15, -0.1) is 0 Å². The van der Waals surface area contributed by atoms with E-state index in [1.807, 2.05) is 42.7 Å². The molecule has 0 amide bonds. The Morgan fingerprint density at radius 3 is 2.84 bits per heavy atom. The van der Waals surface area contributed by atoms with Crippen molar-refractivity contribution in [1.29, 1.82) is 0 Å². The van der Waals surface area contributed by atoms with Crippen molar-refractivity contribution in [3.63, 3.8) is 0 Å². The Morgan fingerprint density at radius 1 is 1.00 bits per heavy atom. The normalized spacial score (nSPS) is 11.4. The third-order valence-corrected chi connectivity index (χ3v) is 4.34. The molecule has 0 saturated carbocycles. The van der Waals surface area contributed by atoms with Gasteiger partial charge in [0.1, 0.15) is 5.76 Å². The van der Waals surface area contributed by atoms with Gasteiger partial charge < -0.3 is 10.2 Å². The summed E-state index contributed by atoms with van der Waals surface area (Å²) in [5.41, 5.74) is 9.48. The smallest absolute Gasteiger partial charge is 0.177 e. The topological polar surface area (TPSA) is 93.6 Å². The first-order valence-corrected chi connectivity index (χ1v) is 7.81. The molecule has 0 bridgehead atoms. The number of hydrogen-bond donors (Lipinski definition) is 2. The molecule has 6 nitrogen and oxygen atoms in total. The number of benzene rings is 1. The highest BCUT2D eigenvalue weighted by Crippen LogP contribution is 2.38. The number of nitrogens with one attached hydrogen (secondary N) is 1. The largest absolute Gasteiger partial charge is 0.452 e. The number of furan rings is 1. The lowest BCUT2D eigenvalue weighted by molar-refractivity contribution is 0.632. The van der Waals surface area contributed by atoms with Crippen LogP contribution < -0.4 is 5.73 Å². The summed E-state index contributed by atoms with van der Waals surface area (Å²) in [5.74, 6) is 1.12. The average molecular weight is 327 g/mol. The standard InChI is InChI=1S/C19H13N5O/c20-19-18-15(16(10-22-19)12-8-23-24-9-12)6-17(25-18)14-3-1-2-11-7-21-5-4-13(11)14/h1-10H,(H2,20,22)(H,23,24). The van der Waals surface area contributed by atoms with Gasteiger partial charge in [-0.05, 0) is 17.5 Å². The number of pyridine rings is 2. The van der Waals surface area contributed by atoms with Crippen LogP contribution >= 0.6 is 0 Å². The Bertz CT molecular complexity index is 1200. The highest BCUT2D eigenvalue weighted by molar-refractivity contribution is 6.02. The van der Waals surface area contributed by atoms with Crippen molar-refractivity contribution >= 4 is 27.6 Å². The van der Waals surface area contributed by atoms with Crippen LogP contribution in [0.15, 0.2) is 65.7 Å². The highest BCUT2D eigenvalue weighted by Gasteiger charge is 2.16. The SMILES string of the molecule is Nc1ncc(-c2cn[nH]c2)c2cc(-c3cccc4cnccc34)oc12. The number of nitrogens with two attached hydrogens (primary N) is 1. The number of aromatic amines is 1. The van der Waals surface area contributed by atoms with Crippen molar-refractivity contribution in [3.05, 3.63) is 61.3 Å². The maximum absolute atomic E-state index is 6.09. The Kier molecular flexibility index (Phi) is 2.84. The fraction of sp³-hybridized carbons (Fsp3) is 0. The lowest BCUT2D eigenvalue weighted by Crippen LogP contribution is -1.90. The molecule has 0 unspecified atom stereocenters. The molecule has 120 valence electrons. The molecular formula is C19H13N5O. The van der Waals surface area contributed by atoms with Gasteiger partial charge in [-0.3, -0.25) is 10.1 Å². The van der Waals surface area contributed by atoms with E-state index in [-0.39, 0.29) is 0 Å². The van der Waals surface area contributed by atoms with Crippen LogP contribution in [-0.4, -0.2) is 20.2 Å². The van der Waals surface area contributed by atoms with E-state index in [0.29, 0.717) is 11.4 Å². The van der Waals surface area contributed by atoms with E-state index in [4.69, 9.17) is 10.2 Å². The molecule has 0 fully saturated rings. The average Bonchev–Trinajstić information content (AvgIpc) is 3.32. The third kappa shape index (κ3) is 2.08. The molecule has 25 heavy (non-hydrogen) atoms. The fourth-order valence-corrected chi connectivity index (χ4v) is 3.14. The Morgan fingerprint density at radius 2 is 1.96 bits per heavy atom. The zero-order valence-electron chi connectivity index (χ0n) is 13.1. The summed E-state index contributed by atoms with van der Waals surface area (Å²) in [6.45, 7) is 0. The van der Waals surface area contributed by atoms with Crippen LogP contribution in [0.3, 0.4) is 0 Å². The van der Waals surface area contributed by atoms with E-state index in [2.05, 4.69) is 20.2 Å². The van der Waals surface area contributed by atoms with E-state index in [9.17, 15) is 0 Å². The summed E-state index contributed by atoms with van der Waals surface area (Å²) in [6, 6.07) is 10.0. The molecule has 0 aliphatic heterocycles. The second-order valence-electron chi connectivity index (χ2n) is 5.80. The van der Waals surface area contributed by atoms with E-state index >= 15 is 0 Å². The monoisotopic (exact) mass is 327 g/mol. The number of anilines is 1. The number of nitrogens with zero attached hydrogens (tertiary/aromatic N) is 3. The van der Waals surface area contributed by atoms with Crippen molar-refractivity contribution in [1.82, 2.24) is 20.2 Å². The predicted octanol–water partition coefficient (Wildman–Crippen LogP) is 4.02. The van der Waals surface area contributed by atoms with Gasteiger partial charge in [-0.25, -0.2) is 4.98 Å². The summed E-state index contributed by atoms with van der Waals surface area (Å²) in [6.07, 6.45) is 8.94. The molecule has 4 aromatic heterocycles. The van der Waals surface area contributed by atoms with Crippen molar-refractivity contribution in [3.8, 4) is 22.5 Å². The molecule has 4 heterocycles. The summed E-state index contributed by atoms with van der Waals surface area (Å²) < 4.78 is 6.09. The highest BCUT2D eigenvalue weighted by atomic mass is 16.3. The molecule has 1 aromatic carbocycles. The number of hydrogen-bond acceptors (Lipinski definition) is 5. The molecule has 3 N–H and O–H groups in total. The summed E-state index contributed by atoms with van der Waals surface area (Å²) in [7, 11) is 0. The number of fused-ring (bicyclic) bond motifs is 2. The molecule has 5 aromatic rings. The van der Waals surface area contributed by atoms with Gasteiger partial charge in [0, 0.05) is 52.3 Å². The van der Waals surface area contributed by atoms with Crippen molar-refractivity contribution < 1.29 is 4.42 Å². The molecule has 0 radical (unpaired) electrons. The van der Waals surface area contributed by atoms with Crippen molar-refractivity contribution in [2.75, 3.05) is 5.73 Å². The van der Waals surface area contributed by atoms with Gasteiger partial charge in [0.15, 0.2) is 11.4 Å². The Balaban J connectivity index is 1.81. The van der Waals surface area contributed by atoms with Gasteiger partial charge in [-0.2, -0.15) is 5.10 Å². The Labute approximate surface area is 142 Å². The Hall–Kier alpha value is -3.67. The fourth-order valence-electron chi connectivity index (χ4n) is 3.14. The molecule has 6 heteroatoms.